The van der Waals surface area contributed by atoms with Crippen molar-refractivity contribution in [3.8, 4) is 0 Å². The van der Waals surface area contributed by atoms with Crippen molar-refractivity contribution in [3.05, 3.63) is 10.4 Å². The molecule has 2 heterocycles. The molecule has 2 fully saturated rings. The molecule has 0 aromatic rings. The third-order valence-electron chi connectivity index (χ3n) is 3.62. The highest BCUT2D eigenvalue weighted by Gasteiger charge is 2.71. The largest absolute Gasteiger partial charge is 0.479 e. The van der Waals surface area contributed by atoms with Crippen molar-refractivity contribution < 1.29 is 14.7 Å². The summed E-state index contributed by atoms with van der Waals surface area (Å²) in [6.07, 6.45) is 0. The number of carbonyl (C=O) groups is 2. The molecule has 2 aliphatic rings. The summed E-state index contributed by atoms with van der Waals surface area (Å²) in [4.78, 5) is 27.3. The van der Waals surface area contributed by atoms with Crippen LogP contribution in [-0.4, -0.2) is 50.1 Å². The molecule has 2 saturated heterocycles. The van der Waals surface area contributed by atoms with Crippen molar-refractivity contribution >= 4 is 23.6 Å². The second kappa shape index (κ2) is 3.78. The highest BCUT2D eigenvalue weighted by atomic mass is 32.2. The molecule has 0 aromatic carbocycles. The quantitative estimate of drug-likeness (QED) is 0.326. The van der Waals surface area contributed by atoms with E-state index >= 15 is 0 Å². The number of nitrogens with two attached hydrogens (primary N) is 1. The first kappa shape index (κ1) is 13.0. The molecular weight excluding hydrogens is 258 g/mol. The summed E-state index contributed by atoms with van der Waals surface area (Å²) in [5, 5.41) is 12.5. The van der Waals surface area contributed by atoms with Crippen LogP contribution in [0.2, 0.25) is 0 Å². The lowest BCUT2D eigenvalue weighted by Gasteiger charge is -2.48. The first-order valence-electron chi connectivity index (χ1n) is 5.30. The number of nitrogens with zero attached hydrogens (tertiary/aromatic N) is 4. The van der Waals surface area contributed by atoms with Crippen molar-refractivity contribution in [2.24, 2.45) is 10.8 Å². The van der Waals surface area contributed by atoms with Crippen LogP contribution in [0.3, 0.4) is 0 Å². The Morgan fingerprint density at radius 2 is 2.33 bits per heavy atom. The Balaban J connectivity index is 2.51. The van der Waals surface area contributed by atoms with Gasteiger partial charge in [-0.25, -0.2) is 4.79 Å². The Hall–Kier alpha value is -1.44. The average molecular weight is 271 g/mol. The van der Waals surface area contributed by atoms with Crippen molar-refractivity contribution in [1.82, 2.24) is 4.90 Å². The van der Waals surface area contributed by atoms with Crippen LogP contribution in [0.1, 0.15) is 13.8 Å². The van der Waals surface area contributed by atoms with Crippen LogP contribution >= 0.6 is 11.8 Å². The topological polar surface area (TPSA) is 132 Å². The van der Waals surface area contributed by atoms with Gasteiger partial charge in [-0.1, -0.05) is 5.11 Å². The Labute approximate surface area is 107 Å². The molecule has 0 saturated carbocycles. The van der Waals surface area contributed by atoms with E-state index in [4.69, 9.17) is 11.3 Å². The lowest BCUT2D eigenvalue weighted by Crippen LogP contribution is -2.75. The molecule has 2 rings (SSSR count). The van der Waals surface area contributed by atoms with Gasteiger partial charge in [-0.3, -0.25) is 4.79 Å². The van der Waals surface area contributed by atoms with Crippen molar-refractivity contribution in [2.75, 3.05) is 6.54 Å². The minimum atomic E-state index is -1.53. The van der Waals surface area contributed by atoms with E-state index < -0.39 is 28.2 Å². The second-order valence-corrected chi connectivity index (χ2v) is 6.55. The van der Waals surface area contributed by atoms with E-state index in [1.54, 1.807) is 13.8 Å². The monoisotopic (exact) mass is 271 g/mol. The molecule has 0 bridgehead atoms. The van der Waals surface area contributed by atoms with Crippen LogP contribution < -0.4 is 5.73 Å². The maximum atomic E-state index is 11.8. The predicted molar refractivity (Wildman–Crippen MR) is 64.7 cm³/mol. The Bertz CT molecular complexity index is 475. The van der Waals surface area contributed by atoms with Crippen LogP contribution in [0.4, 0.5) is 0 Å². The maximum absolute atomic E-state index is 11.8. The molecule has 0 radical (unpaired) electrons. The molecule has 18 heavy (non-hydrogen) atoms. The third-order valence-corrected chi connectivity index (χ3v) is 5.30. The molecule has 9 heteroatoms. The van der Waals surface area contributed by atoms with Gasteiger partial charge in [0.15, 0.2) is 5.54 Å². The summed E-state index contributed by atoms with van der Waals surface area (Å²) in [6, 6.07) is -0.679. The van der Waals surface area contributed by atoms with Gasteiger partial charge in [-0.2, -0.15) is 0 Å². The number of azide groups is 1. The van der Waals surface area contributed by atoms with Gasteiger partial charge >= 0.3 is 5.97 Å². The average Bonchev–Trinajstić information content (AvgIpc) is 2.52. The maximum Gasteiger partial charge on any atom is 0.331 e. The molecule has 3 N–H and O–H groups in total. The van der Waals surface area contributed by atoms with Crippen LogP contribution in [-0.2, 0) is 9.59 Å². The number of amides is 1. The number of carbonyl (C=O) groups excluding carboxylic acids is 1. The summed E-state index contributed by atoms with van der Waals surface area (Å²) >= 11 is 1.33. The summed E-state index contributed by atoms with van der Waals surface area (Å²) < 4.78 is -0.776. The Morgan fingerprint density at radius 1 is 1.72 bits per heavy atom. The third kappa shape index (κ3) is 1.29. The molecule has 98 valence electrons. The fraction of sp³-hybridized carbons (Fsp3) is 0.778. The lowest BCUT2D eigenvalue weighted by atomic mass is 9.81. The second-order valence-electron chi connectivity index (χ2n) is 4.81. The fourth-order valence-electron chi connectivity index (χ4n) is 2.54. The van der Waals surface area contributed by atoms with Crippen LogP contribution in [0.15, 0.2) is 5.11 Å². The van der Waals surface area contributed by atoms with E-state index in [-0.39, 0.29) is 11.9 Å². The molecule has 3 atom stereocenters. The first-order valence-corrected chi connectivity index (χ1v) is 6.18. The number of thioether (sulfide) groups is 1. The number of carboxylic acids is 1. The molecule has 0 spiro atoms. The van der Waals surface area contributed by atoms with Gasteiger partial charge in [0.2, 0.25) is 5.91 Å². The number of β-lactam (4-membered cyclic amide) rings is 1. The van der Waals surface area contributed by atoms with Gasteiger partial charge < -0.3 is 15.7 Å². The zero-order chi connectivity index (χ0) is 13.7. The molecule has 1 amide bonds. The van der Waals surface area contributed by atoms with E-state index in [1.807, 2.05) is 0 Å². The molecule has 0 aliphatic carbocycles. The van der Waals surface area contributed by atoms with Gasteiger partial charge in [0.05, 0.1) is 6.54 Å². The number of carboxylic acid groups (broad SMARTS) is 1. The smallest absolute Gasteiger partial charge is 0.331 e. The Kier molecular flexibility index (Phi) is 2.73. The van der Waals surface area contributed by atoms with Crippen molar-refractivity contribution in [1.29, 1.82) is 0 Å². The van der Waals surface area contributed by atoms with Crippen LogP contribution in [0, 0.1) is 0 Å². The minimum absolute atomic E-state index is 0.298. The molecule has 0 aromatic heterocycles. The summed E-state index contributed by atoms with van der Waals surface area (Å²) in [6.45, 7) is 3.14. The van der Waals surface area contributed by atoms with E-state index in [2.05, 4.69) is 10.0 Å². The molecule has 8 nitrogen and oxygen atoms in total. The predicted octanol–water partition coefficient (Wildman–Crippen LogP) is 0.141. The lowest BCUT2D eigenvalue weighted by molar-refractivity contribution is -0.169. The van der Waals surface area contributed by atoms with Gasteiger partial charge in [0.25, 0.3) is 0 Å². The minimum Gasteiger partial charge on any atom is -0.479 e. The SMILES string of the molecule is CC1(C)S[C@@H]2[C@@H](N)C(=O)N2[C@@]1(CN=[N+]=[N-])C(=O)O. The van der Waals surface area contributed by atoms with Crippen LogP contribution in [0.25, 0.3) is 10.4 Å². The van der Waals surface area contributed by atoms with E-state index in [0.29, 0.717) is 0 Å². The van der Waals surface area contributed by atoms with Gasteiger partial charge in [-0.15, -0.1) is 11.8 Å². The number of fused-ring (bicyclic) bond motifs is 1. The van der Waals surface area contributed by atoms with Crippen LogP contribution in [0.5, 0.6) is 0 Å². The van der Waals surface area contributed by atoms with E-state index in [1.165, 1.54) is 16.7 Å². The van der Waals surface area contributed by atoms with Gasteiger partial charge in [0.1, 0.15) is 11.4 Å². The normalized spacial score (nSPS) is 36.6. The van der Waals surface area contributed by atoms with Gasteiger partial charge in [0, 0.05) is 9.66 Å². The summed E-state index contributed by atoms with van der Waals surface area (Å²) in [5.74, 6) is -1.58. The number of hydrogen-bond acceptors (Lipinski definition) is 5. The van der Waals surface area contributed by atoms with Crippen molar-refractivity contribution in [3.63, 3.8) is 0 Å². The number of aliphatic carboxylic acids is 1. The molecule has 0 unspecified atom stereocenters. The van der Waals surface area contributed by atoms with E-state index in [9.17, 15) is 14.7 Å². The number of rotatable bonds is 3. The fourth-order valence-corrected chi connectivity index (χ4v) is 4.24. The molecular formula is C9H13N5O3S. The first-order chi connectivity index (χ1) is 8.29. The van der Waals surface area contributed by atoms with Crippen molar-refractivity contribution in [2.45, 2.75) is 35.5 Å². The Morgan fingerprint density at radius 3 is 2.83 bits per heavy atom. The highest BCUT2D eigenvalue weighted by Crippen LogP contribution is 2.56. The van der Waals surface area contributed by atoms with E-state index in [0.717, 1.165) is 0 Å². The van der Waals surface area contributed by atoms with Gasteiger partial charge in [-0.05, 0) is 19.4 Å². The summed E-state index contributed by atoms with van der Waals surface area (Å²) in [7, 11) is 0. The number of hydrogen-bond donors (Lipinski definition) is 2. The standard InChI is InChI=1S/C9H13N5O3S/c1-8(2)9(7(16)17,3-12-13-11)14-5(15)4(10)6(14)18-8/h4,6H,3,10H2,1-2H3,(H,16,17)/t4-,6+,9-/m0/s1. The zero-order valence-electron chi connectivity index (χ0n) is 9.90. The molecule has 2 aliphatic heterocycles. The summed E-state index contributed by atoms with van der Waals surface area (Å²) in [5.41, 5.74) is 12.6. The highest BCUT2D eigenvalue weighted by molar-refractivity contribution is 8.01. The zero-order valence-corrected chi connectivity index (χ0v) is 10.7.